The van der Waals surface area contributed by atoms with Crippen molar-refractivity contribution in [3.8, 4) is 0 Å². The second-order valence-corrected chi connectivity index (χ2v) is 2.83. The number of H-pyrrole nitrogens is 1. The first-order chi connectivity index (χ1) is 6.81. The van der Waals surface area contributed by atoms with Gasteiger partial charge in [0.2, 0.25) is 11.7 Å². The number of hydrogen-bond donors (Lipinski definition) is 1. The van der Waals surface area contributed by atoms with E-state index in [1.54, 1.807) is 19.2 Å². The zero-order valence-electron chi connectivity index (χ0n) is 7.43. The van der Waals surface area contributed by atoms with E-state index < -0.39 is 0 Å². The van der Waals surface area contributed by atoms with Gasteiger partial charge in [0, 0.05) is 6.20 Å². The maximum Gasteiger partial charge on any atom is 0.235 e. The van der Waals surface area contributed by atoms with E-state index in [1.165, 1.54) is 6.08 Å². The fourth-order valence-electron chi connectivity index (χ4n) is 1.14. The molecule has 0 fully saturated rings. The number of hydrogen-bond acceptors (Lipinski definition) is 5. The van der Waals surface area contributed by atoms with E-state index in [-0.39, 0.29) is 6.04 Å². The summed E-state index contributed by atoms with van der Waals surface area (Å²) in [7, 11) is 0. The summed E-state index contributed by atoms with van der Waals surface area (Å²) in [5, 5.41) is 10.2. The fraction of sp³-hybridized carbons (Fsp3) is 0.250. The normalized spacial score (nSPS) is 12.4. The van der Waals surface area contributed by atoms with Gasteiger partial charge in [-0.05, 0) is 18.6 Å². The van der Waals surface area contributed by atoms with Gasteiger partial charge in [-0.2, -0.15) is 15.3 Å². The van der Waals surface area contributed by atoms with Gasteiger partial charge < -0.3 is 0 Å². The predicted molar refractivity (Wildman–Crippen MR) is 48.2 cm³/mol. The summed E-state index contributed by atoms with van der Waals surface area (Å²) in [6, 6.07) is 1.54. The Hall–Kier alpha value is -2.07. The first kappa shape index (κ1) is 8.52. The van der Waals surface area contributed by atoms with E-state index in [2.05, 4.69) is 25.4 Å². The van der Waals surface area contributed by atoms with Gasteiger partial charge in [-0.25, -0.2) is 9.78 Å². The van der Waals surface area contributed by atoms with Gasteiger partial charge in [-0.1, -0.05) is 0 Å². The van der Waals surface area contributed by atoms with E-state index in [9.17, 15) is 4.79 Å². The van der Waals surface area contributed by atoms with Gasteiger partial charge >= 0.3 is 0 Å². The topological polar surface area (TPSA) is 83.9 Å². The molecule has 2 heterocycles. The van der Waals surface area contributed by atoms with Crippen LogP contribution in [0.1, 0.15) is 18.5 Å². The fourth-order valence-corrected chi connectivity index (χ4v) is 1.14. The van der Waals surface area contributed by atoms with Gasteiger partial charge in [0.05, 0.1) is 6.04 Å². The Kier molecular flexibility index (Phi) is 2.04. The van der Waals surface area contributed by atoms with Crippen molar-refractivity contribution in [1.82, 2.24) is 20.4 Å². The summed E-state index contributed by atoms with van der Waals surface area (Å²) < 4.78 is 0. The van der Waals surface area contributed by atoms with Crippen molar-refractivity contribution in [1.29, 1.82) is 0 Å². The highest BCUT2D eigenvalue weighted by atomic mass is 16.1. The summed E-state index contributed by atoms with van der Waals surface area (Å²) in [6.45, 7) is 1.79. The number of aromatic nitrogens is 4. The van der Waals surface area contributed by atoms with E-state index in [0.717, 1.165) is 5.56 Å². The molecule has 2 rings (SSSR count). The lowest BCUT2D eigenvalue weighted by atomic mass is 10.1. The molecule has 1 unspecified atom stereocenters. The first-order valence-electron chi connectivity index (χ1n) is 4.04. The summed E-state index contributed by atoms with van der Waals surface area (Å²) in [5.74, 6) is 0. The largest absolute Gasteiger partial charge is 0.235 e. The quantitative estimate of drug-likeness (QED) is 0.558. The van der Waals surface area contributed by atoms with Crippen LogP contribution in [0.3, 0.4) is 0 Å². The zero-order chi connectivity index (χ0) is 9.97. The van der Waals surface area contributed by atoms with Crippen molar-refractivity contribution in [2.24, 2.45) is 4.99 Å². The molecule has 14 heavy (non-hydrogen) atoms. The van der Waals surface area contributed by atoms with E-state index in [0.29, 0.717) is 11.2 Å². The minimum atomic E-state index is -0.249. The zero-order valence-corrected chi connectivity index (χ0v) is 7.43. The molecule has 0 aliphatic heterocycles. The number of aromatic amines is 1. The second kappa shape index (κ2) is 3.35. The molecule has 6 heteroatoms. The van der Waals surface area contributed by atoms with Crippen LogP contribution in [0, 0.1) is 0 Å². The lowest BCUT2D eigenvalue weighted by molar-refractivity contribution is 0.559. The molecule has 2 aromatic heterocycles. The third-order valence-electron chi connectivity index (χ3n) is 1.92. The number of nitrogens with one attached hydrogen (secondary N) is 1. The molecule has 0 amide bonds. The molecule has 0 radical (unpaired) electrons. The number of fused-ring (bicyclic) bond motifs is 1. The smallest absolute Gasteiger partial charge is 0.233 e. The molecule has 0 saturated carbocycles. The van der Waals surface area contributed by atoms with Crippen LogP contribution >= 0.6 is 0 Å². The maximum absolute atomic E-state index is 10.1. The summed E-state index contributed by atoms with van der Waals surface area (Å²) in [4.78, 5) is 17.7. The molecule has 0 spiro atoms. The Labute approximate surface area is 79.1 Å². The average Bonchev–Trinajstić information content (AvgIpc) is 2.64. The van der Waals surface area contributed by atoms with Crippen molar-refractivity contribution in [2.45, 2.75) is 13.0 Å². The Morgan fingerprint density at radius 2 is 2.43 bits per heavy atom. The van der Waals surface area contributed by atoms with Gasteiger partial charge in [0.15, 0.2) is 0 Å². The Morgan fingerprint density at radius 3 is 3.21 bits per heavy atom. The Bertz CT molecular complexity index is 499. The van der Waals surface area contributed by atoms with Crippen molar-refractivity contribution >= 4 is 17.2 Å². The lowest BCUT2D eigenvalue weighted by Gasteiger charge is -2.01. The molecule has 1 N–H and O–H groups in total. The molecule has 0 bridgehead atoms. The molecule has 70 valence electrons. The van der Waals surface area contributed by atoms with Gasteiger partial charge in [0.1, 0.15) is 5.52 Å². The number of nitrogens with zero attached hydrogens (tertiary/aromatic N) is 4. The highest BCUT2D eigenvalue weighted by Crippen LogP contribution is 2.17. The van der Waals surface area contributed by atoms with Crippen LogP contribution in [0.5, 0.6) is 0 Å². The van der Waals surface area contributed by atoms with E-state index >= 15 is 0 Å². The molecule has 1 atom stereocenters. The maximum atomic E-state index is 10.1. The van der Waals surface area contributed by atoms with Crippen molar-refractivity contribution < 1.29 is 4.79 Å². The molecule has 0 aromatic carbocycles. The first-order valence-corrected chi connectivity index (χ1v) is 4.04. The van der Waals surface area contributed by atoms with Gasteiger partial charge in [0.25, 0.3) is 0 Å². The van der Waals surface area contributed by atoms with Crippen LogP contribution in [-0.2, 0) is 4.79 Å². The number of rotatable bonds is 2. The predicted octanol–water partition coefficient (Wildman–Crippen LogP) is 0.750. The highest BCUT2D eigenvalue weighted by molar-refractivity contribution is 5.69. The molecule has 0 aliphatic carbocycles. The third-order valence-corrected chi connectivity index (χ3v) is 1.92. The van der Waals surface area contributed by atoms with Crippen LogP contribution in [0.2, 0.25) is 0 Å². The third kappa shape index (κ3) is 1.38. The second-order valence-electron chi connectivity index (χ2n) is 2.83. The van der Waals surface area contributed by atoms with E-state index in [4.69, 9.17) is 0 Å². The van der Waals surface area contributed by atoms with Crippen LogP contribution in [0.15, 0.2) is 17.3 Å². The minimum Gasteiger partial charge on any atom is -0.233 e. The van der Waals surface area contributed by atoms with Gasteiger partial charge in [-0.3, -0.25) is 0 Å². The van der Waals surface area contributed by atoms with Gasteiger partial charge in [-0.15, -0.1) is 5.10 Å². The number of isocyanates is 1. The minimum absolute atomic E-state index is 0.249. The summed E-state index contributed by atoms with van der Waals surface area (Å²) in [5.41, 5.74) is 2.03. The summed E-state index contributed by atoms with van der Waals surface area (Å²) in [6.07, 6.45) is 3.13. The summed E-state index contributed by atoms with van der Waals surface area (Å²) >= 11 is 0. The van der Waals surface area contributed by atoms with Crippen molar-refractivity contribution in [3.63, 3.8) is 0 Å². The van der Waals surface area contributed by atoms with Crippen LogP contribution < -0.4 is 0 Å². The van der Waals surface area contributed by atoms with Crippen LogP contribution in [0.25, 0.3) is 11.2 Å². The molecular weight excluding hydrogens is 182 g/mol. The Morgan fingerprint density at radius 1 is 1.57 bits per heavy atom. The number of aliphatic imine (C=N–C) groups is 1. The number of pyridine rings is 1. The van der Waals surface area contributed by atoms with Crippen molar-refractivity contribution in [3.05, 3.63) is 17.8 Å². The standard InChI is InChI=1S/C8H7N5O/c1-5(10-4-14)6-2-7-8(9-3-6)12-13-11-7/h2-3,5H,1H3,(H,9,11,12,13). The van der Waals surface area contributed by atoms with Crippen LogP contribution in [-0.4, -0.2) is 26.5 Å². The monoisotopic (exact) mass is 189 g/mol. The van der Waals surface area contributed by atoms with E-state index in [1.807, 2.05) is 0 Å². The number of carbonyl (C=O) groups excluding carboxylic acids is 1. The Balaban J connectivity index is 2.48. The average molecular weight is 189 g/mol. The van der Waals surface area contributed by atoms with Crippen molar-refractivity contribution in [2.75, 3.05) is 0 Å². The molecule has 0 aliphatic rings. The molecule has 6 nitrogen and oxygen atoms in total. The molecule has 0 saturated heterocycles. The van der Waals surface area contributed by atoms with Crippen LogP contribution in [0.4, 0.5) is 0 Å². The molecular formula is C8H7N5O. The molecule has 2 aromatic rings. The SMILES string of the molecule is CC(N=C=O)c1cnc2n[nH]nc2c1. The lowest BCUT2D eigenvalue weighted by Crippen LogP contribution is -1.90. The highest BCUT2D eigenvalue weighted by Gasteiger charge is 2.06.